The zero-order chi connectivity index (χ0) is 12.7. The van der Waals surface area contributed by atoms with Gasteiger partial charge in [0.05, 0.1) is 0 Å². The first-order valence-electron chi connectivity index (χ1n) is 6.99. The van der Waals surface area contributed by atoms with Crippen molar-refractivity contribution in [1.29, 1.82) is 0 Å². The minimum absolute atomic E-state index is 0.604. The molecule has 0 saturated carbocycles. The molecule has 0 saturated heterocycles. The summed E-state index contributed by atoms with van der Waals surface area (Å²) >= 11 is 0. The predicted octanol–water partition coefficient (Wildman–Crippen LogP) is 4.20. The third kappa shape index (κ3) is 4.16. The summed E-state index contributed by atoms with van der Waals surface area (Å²) in [7, 11) is 0. The van der Waals surface area contributed by atoms with Crippen molar-refractivity contribution >= 4 is 0 Å². The fraction of sp³-hybridized carbons (Fsp3) is 0.625. The third-order valence-electron chi connectivity index (χ3n) is 3.40. The van der Waals surface area contributed by atoms with Gasteiger partial charge in [-0.2, -0.15) is 0 Å². The first kappa shape index (κ1) is 14.2. The second-order valence-electron chi connectivity index (χ2n) is 5.13. The highest BCUT2D eigenvalue weighted by molar-refractivity contribution is 5.22. The fourth-order valence-electron chi connectivity index (χ4n) is 2.74. The van der Waals surface area contributed by atoms with Crippen molar-refractivity contribution in [3.8, 4) is 0 Å². The van der Waals surface area contributed by atoms with Gasteiger partial charge >= 0.3 is 0 Å². The molecule has 17 heavy (non-hydrogen) atoms. The van der Waals surface area contributed by atoms with Gasteiger partial charge in [-0.1, -0.05) is 64.4 Å². The molecule has 0 amide bonds. The van der Waals surface area contributed by atoms with E-state index in [4.69, 9.17) is 0 Å². The second kappa shape index (κ2) is 7.50. The second-order valence-corrected chi connectivity index (χ2v) is 5.13. The highest BCUT2D eigenvalue weighted by Gasteiger charge is 2.24. The molecular weight excluding hydrogens is 206 g/mol. The van der Waals surface area contributed by atoms with Crippen LogP contribution in [0.2, 0.25) is 0 Å². The summed E-state index contributed by atoms with van der Waals surface area (Å²) in [5.41, 5.74) is 1.47. The highest BCUT2D eigenvalue weighted by atomic mass is 14.9. The Kier molecular flexibility index (Phi) is 6.28. The van der Waals surface area contributed by atoms with Crippen LogP contribution >= 0.6 is 0 Å². The normalized spacial score (nSPS) is 14.9. The monoisotopic (exact) mass is 233 g/mol. The maximum atomic E-state index is 3.66. The standard InChI is InChI=1S/C16H27N/c1-5-10-15(17-6-2)16(13(3)4)14-11-8-7-9-12-14/h7-9,11-13,15-17H,5-6,10H2,1-4H3. The van der Waals surface area contributed by atoms with E-state index in [9.17, 15) is 0 Å². The van der Waals surface area contributed by atoms with Crippen molar-refractivity contribution in [2.75, 3.05) is 6.54 Å². The van der Waals surface area contributed by atoms with Crippen molar-refractivity contribution in [2.45, 2.75) is 52.5 Å². The van der Waals surface area contributed by atoms with E-state index in [0.29, 0.717) is 17.9 Å². The van der Waals surface area contributed by atoms with Gasteiger partial charge in [0.25, 0.3) is 0 Å². The van der Waals surface area contributed by atoms with Crippen LogP contribution in [0.1, 0.15) is 52.0 Å². The summed E-state index contributed by atoms with van der Waals surface area (Å²) in [6.45, 7) is 10.2. The van der Waals surface area contributed by atoms with Crippen molar-refractivity contribution in [3.05, 3.63) is 35.9 Å². The molecule has 1 N–H and O–H groups in total. The van der Waals surface area contributed by atoms with E-state index in [0.717, 1.165) is 6.54 Å². The van der Waals surface area contributed by atoms with Crippen molar-refractivity contribution < 1.29 is 0 Å². The summed E-state index contributed by atoms with van der Waals surface area (Å²) in [5.74, 6) is 1.30. The summed E-state index contributed by atoms with van der Waals surface area (Å²) in [6.07, 6.45) is 2.50. The topological polar surface area (TPSA) is 12.0 Å². The summed E-state index contributed by atoms with van der Waals surface area (Å²) < 4.78 is 0. The summed E-state index contributed by atoms with van der Waals surface area (Å²) in [6, 6.07) is 11.5. The van der Waals surface area contributed by atoms with Crippen LogP contribution in [0, 0.1) is 5.92 Å². The van der Waals surface area contributed by atoms with E-state index < -0.39 is 0 Å². The number of hydrogen-bond acceptors (Lipinski definition) is 1. The first-order valence-corrected chi connectivity index (χ1v) is 6.99. The van der Waals surface area contributed by atoms with Crippen molar-refractivity contribution in [2.24, 2.45) is 5.92 Å². The molecule has 2 atom stereocenters. The first-order chi connectivity index (χ1) is 8.20. The number of likely N-dealkylation sites (N-methyl/N-ethyl adjacent to an activating group) is 1. The molecule has 1 rings (SSSR count). The molecule has 0 spiro atoms. The average Bonchev–Trinajstić information content (AvgIpc) is 2.31. The molecule has 0 aliphatic heterocycles. The van der Waals surface area contributed by atoms with Crippen molar-refractivity contribution in [1.82, 2.24) is 5.32 Å². The van der Waals surface area contributed by atoms with Crippen LogP contribution in [0.4, 0.5) is 0 Å². The Bertz CT molecular complexity index is 286. The lowest BCUT2D eigenvalue weighted by atomic mass is 9.80. The van der Waals surface area contributed by atoms with Crippen LogP contribution in [0.15, 0.2) is 30.3 Å². The molecule has 0 heterocycles. The Hall–Kier alpha value is -0.820. The lowest BCUT2D eigenvalue weighted by Gasteiger charge is -2.31. The molecule has 1 heteroatoms. The largest absolute Gasteiger partial charge is 0.314 e. The van der Waals surface area contributed by atoms with Crippen LogP contribution in [0.25, 0.3) is 0 Å². The fourth-order valence-corrected chi connectivity index (χ4v) is 2.74. The minimum Gasteiger partial charge on any atom is -0.314 e. The van der Waals surface area contributed by atoms with Gasteiger partial charge in [-0.25, -0.2) is 0 Å². The molecule has 1 nitrogen and oxygen atoms in total. The van der Waals surface area contributed by atoms with Crippen LogP contribution in [0.3, 0.4) is 0 Å². The molecule has 0 aliphatic rings. The van der Waals surface area contributed by atoms with Crippen LogP contribution < -0.4 is 5.32 Å². The average molecular weight is 233 g/mol. The quantitative estimate of drug-likeness (QED) is 0.744. The maximum absolute atomic E-state index is 3.66. The van der Waals surface area contributed by atoms with E-state index in [1.165, 1.54) is 18.4 Å². The van der Waals surface area contributed by atoms with Gasteiger partial charge in [0.1, 0.15) is 0 Å². The van der Waals surface area contributed by atoms with Crippen LogP contribution in [0.5, 0.6) is 0 Å². The van der Waals surface area contributed by atoms with Gasteiger partial charge in [0, 0.05) is 12.0 Å². The van der Waals surface area contributed by atoms with Gasteiger partial charge in [-0.3, -0.25) is 0 Å². The van der Waals surface area contributed by atoms with Crippen LogP contribution in [-0.2, 0) is 0 Å². The molecule has 2 unspecified atom stereocenters. The van der Waals surface area contributed by atoms with Crippen molar-refractivity contribution in [3.63, 3.8) is 0 Å². The number of rotatable bonds is 7. The van der Waals surface area contributed by atoms with E-state index in [1.807, 2.05) is 0 Å². The smallest absolute Gasteiger partial charge is 0.0138 e. The lowest BCUT2D eigenvalue weighted by Crippen LogP contribution is -2.37. The van der Waals surface area contributed by atoms with E-state index >= 15 is 0 Å². The number of nitrogens with one attached hydrogen (secondary N) is 1. The van der Waals surface area contributed by atoms with Crippen LogP contribution in [-0.4, -0.2) is 12.6 Å². The zero-order valence-corrected chi connectivity index (χ0v) is 11.7. The number of hydrogen-bond donors (Lipinski definition) is 1. The molecule has 1 aromatic carbocycles. The Morgan fingerprint density at radius 2 is 1.71 bits per heavy atom. The Morgan fingerprint density at radius 1 is 1.06 bits per heavy atom. The van der Waals surface area contributed by atoms with Gasteiger partial charge < -0.3 is 5.32 Å². The van der Waals surface area contributed by atoms with Gasteiger partial charge in [-0.15, -0.1) is 0 Å². The van der Waals surface area contributed by atoms with E-state index in [2.05, 4.69) is 63.3 Å². The van der Waals surface area contributed by atoms with Gasteiger partial charge in [0.15, 0.2) is 0 Å². The SMILES string of the molecule is CCCC(NCC)C(c1ccccc1)C(C)C. The Balaban J connectivity index is 2.90. The molecule has 0 fully saturated rings. The lowest BCUT2D eigenvalue weighted by molar-refractivity contribution is 0.344. The highest BCUT2D eigenvalue weighted by Crippen LogP contribution is 2.29. The third-order valence-corrected chi connectivity index (χ3v) is 3.40. The predicted molar refractivity (Wildman–Crippen MR) is 76.4 cm³/mol. The van der Waals surface area contributed by atoms with Gasteiger partial charge in [0.2, 0.25) is 0 Å². The van der Waals surface area contributed by atoms with E-state index in [-0.39, 0.29) is 0 Å². The summed E-state index contributed by atoms with van der Waals surface area (Å²) in [5, 5.41) is 3.66. The molecule has 0 aliphatic carbocycles. The molecular formula is C16H27N. The summed E-state index contributed by atoms with van der Waals surface area (Å²) in [4.78, 5) is 0. The Labute approximate surface area is 107 Å². The number of benzene rings is 1. The molecule has 96 valence electrons. The maximum Gasteiger partial charge on any atom is 0.0138 e. The zero-order valence-electron chi connectivity index (χ0n) is 11.7. The van der Waals surface area contributed by atoms with Gasteiger partial charge in [-0.05, 0) is 24.4 Å². The molecule has 0 bridgehead atoms. The Morgan fingerprint density at radius 3 is 2.18 bits per heavy atom. The molecule has 0 radical (unpaired) electrons. The molecule has 1 aromatic rings. The van der Waals surface area contributed by atoms with E-state index in [1.54, 1.807) is 0 Å². The molecule has 0 aromatic heterocycles. The minimum atomic E-state index is 0.604.